The lowest BCUT2D eigenvalue weighted by atomic mass is 10.1. The summed E-state index contributed by atoms with van der Waals surface area (Å²) in [5, 5.41) is 8.71. The molecule has 7 heteroatoms. The van der Waals surface area contributed by atoms with E-state index in [9.17, 15) is 9.18 Å². The van der Waals surface area contributed by atoms with Crippen molar-refractivity contribution in [1.29, 1.82) is 0 Å². The fraction of sp³-hybridized carbons (Fsp3) is 0.182. The maximum absolute atomic E-state index is 12.7. The lowest BCUT2D eigenvalue weighted by Gasteiger charge is -2.01. The number of benzene rings is 1. The third-order valence-corrected chi connectivity index (χ3v) is 2.18. The van der Waals surface area contributed by atoms with Crippen LogP contribution in [-0.4, -0.2) is 28.2 Å². The Balaban J connectivity index is 1.94. The highest BCUT2D eigenvalue weighted by Gasteiger charge is 2.08. The zero-order chi connectivity index (χ0) is 13.0. The van der Waals surface area contributed by atoms with Crippen LogP contribution in [0, 0.1) is 5.82 Å². The van der Waals surface area contributed by atoms with Crippen LogP contribution in [0.3, 0.4) is 0 Å². The molecule has 0 aliphatic rings. The molecule has 0 saturated carbocycles. The summed E-state index contributed by atoms with van der Waals surface area (Å²) in [6, 6.07) is 5.86. The van der Waals surface area contributed by atoms with E-state index >= 15 is 0 Å². The van der Waals surface area contributed by atoms with Gasteiger partial charge < -0.3 is 4.74 Å². The van der Waals surface area contributed by atoms with E-state index in [0.717, 1.165) is 0 Å². The van der Waals surface area contributed by atoms with Crippen LogP contribution >= 0.6 is 0 Å². The van der Waals surface area contributed by atoms with Crippen molar-refractivity contribution in [2.75, 3.05) is 12.4 Å². The van der Waals surface area contributed by atoms with Crippen molar-refractivity contribution in [3.63, 3.8) is 0 Å². The molecule has 2 aromatic rings. The van der Waals surface area contributed by atoms with Crippen molar-refractivity contribution >= 4 is 11.9 Å². The summed E-state index contributed by atoms with van der Waals surface area (Å²) < 4.78 is 17.4. The van der Waals surface area contributed by atoms with Crippen LogP contribution in [0.2, 0.25) is 0 Å². The molecule has 0 bridgehead atoms. The Morgan fingerprint density at radius 3 is 2.78 bits per heavy atom. The van der Waals surface area contributed by atoms with Crippen molar-refractivity contribution in [1.82, 2.24) is 15.2 Å². The molecule has 0 fully saturated rings. The molecular formula is C11H11FN4O2. The van der Waals surface area contributed by atoms with Gasteiger partial charge in [-0.05, 0) is 17.7 Å². The summed E-state index contributed by atoms with van der Waals surface area (Å²) >= 11 is 0. The largest absolute Gasteiger partial charge is 0.466 e. The predicted octanol–water partition coefficient (Wildman–Crippen LogP) is 1.13. The number of rotatable bonds is 4. The summed E-state index contributed by atoms with van der Waals surface area (Å²) in [6.07, 6.45) is 0.128. The molecule has 1 heterocycles. The van der Waals surface area contributed by atoms with Crippen molar-refractivity contribution in [3.05, 3.63) is 35.6 Å². The minimum Gasteiger partial charge on any atom is -0.466 e. The molecule has 6 nitrogen and oxygen atoms in total. The number of anilines is 1. The molecular weight excluding hydrogens is 239 g/mol. The predicted molar refractivity (Wildman–Crippen MR) is 61.7 cm³/mol. The van der Waals surface area contributed by atoms with Crippen LogP contribution in [0.4, 0.5) is 10.3 Å². The number of aromatic nitrogens is 3. The van der Waals surface area contributed by atoms with Gasteiger partial charge in [-0.3, -0.25) is 10.1 Å². The molecule has 0 saturated heterocycles. The number of carbonyl (C=O) groups is 1. The van der Waals surface area contributed by atoms with E-state index in [1.807, 2.05) is 0 Å². The van der Waals surface area contributed by atoms with E-state index in [1.165, 1.54) is 19.2 Å². The number of aromatic amines is 1. The minimum atomic E-state index is -0.334. The van der Waals surface area contributed by atoms with Crippen LogP contribution in [0.5, 0.6) is 6.01 Å². The highest BCUT2D eigenvalue weighted by atomic mass is 19.1. The van der Waals surface area contributed by atoms with Gasteiger partial charge in [0.1, 0.15) is 5.82 Å². The van der Waals surface area contributed by atoms with Crippen molar-refractivity contribution < 1.29 is 13.9 Å². The molecule has 94 valence electrons. The third-order valence-electron chi connectivity index (χ3n) is 2.18. The molecule has 0 spiro atoms. The highest BCUT2D eigenvalue weighted by molar-refractivity contribution is 5.90. The Kier molecular flexibility index (Phi) is 3.52. The van der Waals surface area contributed by atoms with Crippen LogP contribution in [0.25, 0.3) is 0 Å². The summed E-state index contributed by atoms with van der Waals surface area (Å²) in [4.78, 5) is 15.5. The van der Waals surface area contributed by atoms with Gasteiger partial charge in [0.15, 0.2) is 0 Å². The summed E-state index contributed by atoms with van der Waals surface area (Å²) in [7, 11) is 1.42. The number of carbonyl (C=O) groups excluding carboxylic acids is 1. The van der Waals surface area contributed by atoms with E-state index < -0.39 is 0 Å². The molecule has 1 amide bonds. The van der Waals surface area contributed by atoms with E-state index in [1.54, 1.807) is 12.1 Å². The molecule has 0 aliphatic carbocycles. The molecule has 0 atom stereocenters. The number of H-pyrrole nitrogens is 1. The van der Waals surface area contributed by atoms with Crippen molar-refractivity contribution in [3.8, 4) is 6.01 Å². The lowest BCUT2D eigenvalue weighted by Crippen LogP contribution is -2.15. The smallest absolute Gasteiger partial charge is 0.336 e. The zero-order valence-electron chi connectivity index (χ0n) is 9.61. The van der Waals surface area contributed by atoms with E-state index in [2.05, 4.69) is 20.5 Å². The Morgan fingerprint density at radius 2 is 2.17 bits per heavy atom. The third kappa shape index (κ3) is 3.03. The Labute approximate surface area is 102 Å². The summed E-state index contributed by atoms with van der Waals surface area (Å²) in [5.74, 6) is -0.404. The van der Waals surface area contributed by atoms with Crippen LogP contribution in [-0.2, 0) is 11.2 Å². The van der Waals surface area contributed by atoms with Gasteiger partial charge in [-0.1, -0.05) is 12.1 Å². The number of methoxy groups -OCH3 is 1. The quantitative estimate of drug-likeness (QED) is 0.852. The lowest BCUT2D eigenvalue weighted by molar-refractivity contribution is -0.115. The van der Waals surface area contributed by atoms with Gasteiger partial charge in [0.05, 0.1) is 13.5 Å². The number of amides is 1. The molecule has 1 aromatic heterocycles. The van der Waals surface area contributed by atoms with E-state index in [0.29, 0.717) is 5.56 Å². The minimum absolute atomic E-state index is 0.128. The van der Waals surface area contributed by atoms with E-state index in [-0.39, 0.29) is 30.1 Å². The number of hydrogen-bond acceptors (Lipinski definition) is 4. The SMILES string of the molecule is COc1n[nH]c(NC(=O)Cc2ccc(F)cc2)n1. The molecule has 1 aromatic carbocycles. The Morgan fingerprint density at radius 1 is 1.44 bits per heavy atom. The molecule has 0 unspecified atom stereocenters. The van der Waals surface area contributed by atoms with Crippen molar-refractivity contribution in [2.24, 2.45) is 0 Å². The van der Waals surface area contributed by atoms with Gasteiger partial charge >= 0.3 is 6.01 Å². The normalized spacial score (nSPS) is 10.1. The van der Waals surface area contributed by atoms with Gasteiger partial charge in [-0.2, -0.15) is 4.98 Å². The Hall–Kier alpha value is -2.44. The van der Waals surface area contributed by atoms with Crippen LogP contribution in [0.1, 0.15) is 5.56 Å². The maximum Gasteiger partial charge on any atom is 0.336 e. The zero-order valence-corrected chi connectivity index (χ0v) is 9.61. The molecule has 0 aliphatic heterocycles. The second kappa shape index (κ2) is 5.26. The molecule has 18 heavy (non-hydrogen) atoms. The number of nitrogens with zero attached hydrogens (tertiary/aromatic N) is 2. The van der Waals surface area contributed by atoms with Crippen LogP contribution in [0.15, 0.2) is 24.3 Å². The van der Waals surface area contributed by atoms with Gasteiger partial charge in [0.2, 0.25) is 11.9 Å². The van der Waals surface area contributed by atoms with Gasteiger partial charge in [-0.25, -0.2) is 9.49 Å². The number of halogens is 1. The highest BCUT2D eigenvalue weighted by Crippen LogP contribution is 2.07. The fourth-order valence-electron chi connectivity index (χ4n) is 1.36. The number of nitrogens with one attached hydrogen (secondary N) is 2. The summed E-state index contributed by atoms with van der Waals surface area (Å²) in [6.45, 7) is 0. The first-order valence-electron chi connectivity index (χ1n) is 5.18. The first kappa shape index (κ1) is 12.0. The van der Waals surface area contributed by atoms with Crippen LogP contribution < -0.4 is 10.1 Å². The fourth-order valence-corrected chi connectivity index (χ4v) is 1.36. The monoisotopic (exact) mass is 250 g/mol. The molecule has 2 N–H and O–H groups in total. The number of hydrogen-bond donors (Lipinski definition) is 2. The maximum atomic E-state index is 12.7. The van der Waals surface area contributed by atoms with E-state index in [4.69, 9.17) is 4.74 Å². The summed E-state index contributed by atoms with van der Waals surface area (Å²) in [5.41, 5.74) is 0.709. The number of ether oxygens (including phenoxy) is 1. The van der Waals surface area contributed by atoms with Gasteiger partial charge in [0, 0.05) is 0 Å². The molecule has 2 rings (SSSR count). The average Bonchev–Trinajstić information content (AvgIpc) is 2.79. The van der Waals surface area contributed by atoms with Gasteiger partial charge in [-0.15, -0.1) is 5.10 Å². The molecule has 0 radical (unpaired) electrons. The van der Waals surface area contributed by atoms with Crippen molar-refractivity contribution in [2.45, 2.75) is 6.42 Å². The first-order valence-corrected chi connectivity index (χ1v) is 5.18. The van der Waals surface area contributed by atoms with Gasteiger partial charge in [0.25, 0.3) is 0 Å². The second-order valence-corrected chi connectivity index (χ2v) is 3.52. The topological polar surface area (TPSA) is 79.9 Å². The standard InChI is InChI=1S/C11H11FN4O2/c1-18-11-14-10(15-16-11)13-9(17)6-7-2-4-8(12)5-3-7/h2-5H,6H2,1H3,(H2,13,14,15,16,17). The Bertz CT molecular complexity index is 538. The second-order valence-electron chi connectivity index (χ2n) is 3.52. The first-order chi connectivity index (χ1) is 8.67. The average molecular weight is 250 g/mol.